The minimum Gasteiger partial charge on any atom is -0.0930 e. The van der Waals surface area contributed by atoms with Gasteiger partial charge in [-0.2, -0.15) is 0 Å². The number of halogens is 1. The van der Waals surface area contributed by atoms with Gasteiger partial charge in [0.05, 0.1) is 0 Å². The molecule has 0 unspecified atom stereocenters. The van der Waals surface area contributed by atoms with Gasteiger partial charge in [-0.1, -0.05) is 24.1 Å². The Morgan fingerprint density at radius 1 is 1.83 bits per heavy atom. The van der Waals surface area contributed by atoms with Crippen LogP contribution in [-0.2, 0) is 0 Å². The molecule has 36 valence electrons. The van der Waals surface area contributed by atoms with Crippen LogP contribution in [0.4, 0.5) is 0 Å². The lowest BCUT2D eigenvalue weighted by molar-refractivity contribution is 1.11. The summed E-state index contributed by atoms with van der Waals surface area (Å²) in [5.41, 5.74) is 2.84. The molecular weight excluding hydrogens is 95.5 g/mol. The van der Waals surface area contributed by atoms with Crippen LogP contribution in [0.25, 0.3) is 0 Å². The summed E-state index contributed by atoms with van der Waals surface area (Å²) in [4.78, 5) is 0. The summed E-state index contributed by atoms with van der Waals surface area (Å²) in [5, 5.41) is 0. The quantitative estimate of drug-likeness (QED) is 0.480. The van der Waals surface area contributed by atoms with E-state index in [0.29, 0.717) is 0 Å². The highest BCUT2D eigenvalue weighted by atomic mass is 35.5. The molecule has 0 spiro atoms. The largest absolute Gasteiger partial charge is 0.0930 e. The summed E-state index contributed by atoms with van der Waals surface area (Å²) in [6, 6.07) is 0. The maximum Gasteiger partial charge on any atom is 0.00315 e. The molecule has 0 atom stereocenters. The summed E-state index contributed by atoms with van der Waals surface area (Å²) in [7, 11) is 0. The van der Waals surface area contributed by atoms with Gasteiger partial charge in [0.2, 0.25) is 0 Å². The molecule has 0 aromatic carbocycles. The summed E-state index contributed by atoms with van der Waals surface area (Å²) in [6.45, 7) is 4.08. The summed E-state index contributed by atoms with van der Waals surface area (Å²) in [6.07, 6.45) is 1.06. The van der Waals surface area contributed by atoms with E-state index in [-0.39, 0.29) is 0 Å². The molecule has 0 aromatic rings. The first kappa shape index (κ1) is 6.03. The van der Waals surface area contributed by atoms with Crippen LogP contribution in [0.15, 0.2) is 11.1 Å². The van der Waals surface area contributed by atoms with Crippen LogP contribution in [0.1, 0.15) is 20.3 Å². The first-order valence-corrected chi connectivity index (χ1v) is 2.50. The Morgan fingerprint density at radius 2 is 2.33 bits per heavy atom. The van der Waals surface area contributed by atoms with Gasteiger partial charge in [0.25, 0.3) is 0 Å². The second-order valence-electron chi connectivity index (χ2n) is 1.31. The first-order valence-electron chi connectivity index (χ1n) is 2.07. The zero-order chi connectivity index (χ0) is 4.99. The molecule has 0 saturated heterocycles. The molecule has 0 saturated carbocycles. The van der Waals surface area contributed by atoms with Crippen molar-refractivity contribution in [2.45, 2.75) is 20.3 Å². The Balaban J connectivity index is 3.22. The zero-order valence-corrected chi connectivity index (χ0v) is 4.92. The van der Waals surface area contributed by atoms with Crippen LogP contribution in [0.2, 0.25) is 0 Å². The minimum absolute atomic E-state index is 1.06. The molecule has 0 aliphatic heterocycles. The fourth-order valence-electron chi connectivity index (χ4n) is 0.0772. The topological polar surface area (TPSA) is 0 Å². The van der Waals surface area contributed by atoms with Crippen molar-refractivity contribution in [3.8, 4) is 0 Å². The Labute approximate surface area is 43.8 Å². The number of allylic oxidation sites excluding steroid dienone is 1. The summed E-state index contributed by atoms with van der Waals surface area (Å²) < 4.78 is 0. The van der Waals surface area contributed by atoms with Crippen molar-refractivity contribution >= 4 is 11.6 Å². The molecule has 0 aromatic heterocycles. The van der Waals surface area contributed by atoms with Crippen molar-refractivity contribution < 1.29 is 0 Å². The Hall–Kier alpha value is 0.0300. The fourth-order valence-corrected chi connectivity index (χ4v) is 0.231. The van der Waals surface area contributed by atoms with Gasteiger partial charge in [-0.25, -0.2) is 0 Å². The van der Waals surface area contributed by atoms with E-state index >= 15 is 0 Å². The molecule has 0 rings (SSSR count). The van der Waals surface area contributed by atoms with Crippen LogP contribution in [0, 0.1) is 0 Å². The van der Waals surface area contributed by atoms with Gasteiger partial charge in [-0.05, 0) is 13.3 Å². The van der Waals surface area contributed by atoms with Crippen LogP contribution in [0.3, 0.4) is 0 Å². The SMILES string of the molecule is CC/C(C)=C/Cl. The van der Waals surface area contributed by atoms with Crippen LogP contribution >= 0.6 is 11.6 Å². The van der Waals surface area contributed by atoms with Gasteiger partial charge in [-0.3, -0.25) is 0 Å². The monoisotopic (exact) mass is 104 g/mol. The molecule has 0 nitrogen and oxygen atoms in total. The van der Waals surface area contributed by atoms with Gasteiger partial charge in [0.15, 0.2) is 0 Å². The highest BCUT2D eigenvalue weighted by Gasteiger charge is 1.74. The van der Waals surface area contributed by atoms with E-state index in [1.54, 1.807) is 5.54 Å². The van der Waals surface area contributed by atoms with Crippen LogP contribution in [-0.4, -0.2) is 0 Å². The number of rotatable bonds is 1. The molecule has 0 fully saturated rings. The van der Waals surface area contributed by atoms with Gasteiger partial charge >= 0.3 is 0 Å². The van der Waals surface area contributed by atoms with Crippen LogP contribution < -0.4 is 0 Å². The van der Waals surface area contributed by atoms with Crippen molar-refractivity contribution in [3.63, 3.8) is 0 Å². The lowest BCUT2D eigenvalue weighted by Crippen LogP contribution is -1.62. The normalized spacial score (nSPS) is 12.2. The standard InChI is InChI=1S/C5H9Cl/c1-3-5(2)4-6/h4H,3H2,1-2H3/b5-4+. The van der Waals surface area contributed by atoms with E-state index in [4.69, 9.17) is 11.6 Å². The van der Waals surface area contributed by atoms with E-state index in [1.807, 2.05) is 6.92 Å². The van der Waals surface area contributed by atoms with E-state index in [9.17, 15) is 0 Å². The van der Waals surface area contributed by atoms with Crippen molar-refractivity contribution in [3.05, 3.63) is 11.1 Å². The summed E-state index contributed by atoms with van der Waals surface area (Å²) >= 11 is 5.29. The summed E-state index contributed by atoms with van der Waals surface area (Å²) in [5.74, 6) is 0. The van der Waals surface area contributed by atoms with Crippen molar-refractivity contribution in [2.24, 2.45) is 0 Å². The van der Waals surface area contributed by atoms with Crippen molar-refractivity contribution in [1.82, 2.24) is 0 Å². The maximum atomic E-state index is 5.29. The predicted molar refractivity (Wildman–Crippen MR) is 29.9 cm³/mol. The van der Waals surface area contributed by atoms with Gasteiger partial charge in [-0.15, -0.1) is 0 Å². The molecule has 1 heteroatoms. The molecular formula is C5H9Cl. The smallest absolute Gasteiger partial charge is 0.00315 e. The van der Waals surface area contributed by atoms with Crippen molar-refractivity contribution in [2.75, 3.05) is 0 Å². The van der Waals surface area contributed by atoms with E-state index in [1.165, 1.54) is 5.57 Å². The Morgan fingerprint density at radius 3 is 2.33 bits per heavy atom. The second kappa shape index (κ2) is 3.23. The number of hydrogen-bond donors (Lipinski definition) is 0. The lowest BCUT2D eigenvalue weighted by Gasteiger charge is -1.83. The molecule has 0 N–H and O–H groups in total. The minimum atomic E-state index is 1.06. The third-order valence-electron chi connectivity index (χ3n) is 0.744. The van der Waals surface area contributed by atoms with E-state index < -0.39 is 0 Å². The highest BCUT2D eigenvalue weighted by molar-refractivity contribution is 6.25. The Bertz CT molecular complexity index is 55.0. The third-order valence-corrected chi connectivity index (χ3v) is 1.12. The van der Waals surface area contributed by atoms with Crippen LogP contribution in [0.5, 0.6) is 0 Å². The fraction of sp³-hybridized carbons (Fsp3) is 0.600. The molecule has 6 heavy (non-hydrogen) atoms. The lowest BCUT2D eigenvalue weighted by atomic mass is 10.3. The molecule has 0 amide bonds. The average Bonchev–Trinajstić information content (AvgIpc) is 1.65. The number of hydrogen-bond acceptors (Lipinski definition) is 0. The van der Waals surface area contributed by atoms with Gasteiger partial charge < -0.3 is 0 Å². The van der Waals surface area contributed by atoms with Crippen molar-refractivity contribution in [1.29, 1.82) is 0 Å². The zero-order valence-electron chi connectivity index (χ0n) is 4.16. The second-order valence-corrected chi connectivity index (χ2v) is 1.53. The molecule has 0 heterocycles. The average molecular weight is 105 g/mol. The van der Waals surface area contributed by atoms with E-state index in [0.717, 1.165) is 6.42 Å². The highest BCUT2D eigenvalue weighted by Crippen LogP contribution is 1.97. The molecule has 0 aliphatic carbocycles. The van der Waals surface area contributed by atoms with E-state index in [2.05, 4.69) is 6.92 Å². The Kier molecular flexibility index (Phi) is 3.24. The van der Waals surface area contributed by atoms with Gasteiger partial charge in [0.1, 0.15) is 0 Å². The third kappa shape index (κ3) is 2.28. The predicted octanol–water partition coefficient (Wildman–Crippen LogP) is 2.54. The molecule has 0 radical (unpaired) electrons. The molecule has 0 bridgehead atoms. The maximum absolute atomic E-state index is 5.29. The molecule has 0 aliphatic rings. The van der Waals surface area contributed by atoms with Gasteiger partial charge in [0, 0.05) is 5.54 Å². The first-order chi connectivity index (χ1) is 2.81.